The van der Waals surface area contributed by atoms with E-state index < -0.39 is 0 Å². The maximum Gasteiger partial charge on any atom is 0.274 e. The number of morpholine rings is 1. The van der Waals surface area contributed by atoms with Crippen LogP contribution in [0.5, 0.6) is 0 Å². The van der Waals surface area contributed by atoms with Crippen LogP contribution in [0.25, 0.3) is 0 Å². The topological polar surface area (TPSA) is 87.7 Å². The van der Waals surface area contributed by atoms with Crippen molar-refractivity contribution in [3.63, 3.8) is 0 Å². The quantitative estimate of drug-likeness (QED) is 0.364. The van der Waals surface area contributed by atoms with Crippen molar-refractivity contribution in [2.75, 3.05) is 52.5 Å². The number of hydrogen-bond donors (Lipinski definition) is 1. The number of aryl methyl sites for hydroxylation is 1. The molecule has 1 aliphatic rings. The summed E-state index contributed by atoms with van der Waals surface area (Å²) in [4.78, 5) is 38.6. The number of carbonyl (C=O) groups is 2. The van der Waals surface area contributed by atoms with Gasteiger partial charge in [0.2, 0.25) is 5.91 Å². The summed E-state index contributed by atoms with van der Waals surface area (Å²) in [7, 11) is 0. The molecule has 0 spiro atoms. The maximum absolute atomic E-state index is 13.2. The van der Waals surface area contributed by atoms with Gasteiger partial charge in [-0.25, -0.2) is 4.98 Å². The smallest absolute Gasteiger partial charge is 0.274 e. The highest BCUT2D eigenvalue weighted by Gasteiger charge is 2.20. The Morgan fingerprint density at radius 2 is 1.62 bits per heavy atom. The molecule has 1 aliphatic heterocycles. The van der Waals surface area contributed by atoms with E-state index in [2.05, 4.69) is 44.5 Å². The molecule has 0 aliphatic carbocycles. The molecule has 1 saturated heterocycles. The largest absolute Gasteiger partial charge is 0.379 e. The van der Waals surface area contributed by atoms with Crippen molar-refractivity contribution in [1.82, 2.24) is 25.1 Å². The predicted molar refractivity (Wildman–Crippen MR) is 152 cm³/mol. The van der Waals surface area contributed by atoms with Crippen LogP contribution in [0.4, 0.5) is 0 Å². The Bertz CT molecular complexity index is 1110. The molecule has 8 nitrogen and oxygen atoms in total. The predicted octanol–water partition coefficient (Wildman–Crippen LogP) is 3.68. The molecule has 2 heterocycles. The molecule has 2 aromatic carbocycles. The summed E-state index contributed by atoms with van der Waals surface area (Å²) < 4.78 is 5.43. The van der Waals surface area contributed by atoms with Crippen LogP contribution < -0.4 is 5.32 Å². The second-order valence-electron chi connectivity index (χ2n) is 9.91. The summed E-state index contributed by atoms with van der Waals surface area (Å²) in [6.45, 7) is 7.49. The zero-order valence-electron chi connectivity index (χ0n) is 22.8. The van der Waals surface area contributed by atoms with Gasteiger partial charge in [0.05, 0.1) is 25.1 Å². The molecule has 0 bridgehead atoms. The van der Waals surface area contributed by atoms with Crippen molar-refractivity contribution in [1.29, 1.82) is 0 Å². The summed E-state index contributed by atoms with van der Waals surface area (Å²) in [6, 6.07) is 20.8. The molecule has 0 radical (unpaired) electrons. The summed E-state index contributed by atoms with van der Waals surface area (Å²) in [6.07, 6.45) is 4.97. The lowest BCUT2D eigenvalue weighted by Crippen LogP contribution is -2.40. The fraction of sp³-hybridized carbons (Fsp3) is 0.419. The molecule has 1 fully saturated rings. The molecule has 4 rings (SSSR count). The third-order valence-corrected chi connectivity index (χ3v) is 7.06. The van der Waals surface area contributed by atoms with E-state index in [0.29, 0.717) is 25.3 Å². The number of ether oxygens (including phenoxy) is 1. The lowest BCUT2D eigenvalue weighted by atomic mass is 9.88. The average molecular weight is 530 g/mol. The van der Waals surface area contributed by atoms with E-state index in [0.717, 1.165) is 51.4 Å². The van der Waals surface area contributed by atoms with E-state index in [4.69, 9.17) is 4.74 Å². The van der Waals surface area contributed by atoms with Crippen molar-refractivity contribution in [3.8, 4) is 0 Å². The van der Waals surface area contributed by atoms with Crippen LogP contribution in [0.2, 0.25) is 0 Å². The fourth-order valence-corrected chi connectivity index (χ4v) is 4.87. The molecule has 1 aromatic heterocycles. The first-order valence-corrected chi connectivity index (χ1v) is 13.8. The van der Waals surface area contributed by atoms with Gasteiger partial charge in [0.25, 0.3) is 5.91 Å². The number of nitrogens with zero attached hydrogens (tertiary/aromatic N) is 4. The highest BCUT2D eigenvalue weighted by Crippen LogP contribution is 2.27. The van der Waals surface area contributed by atoms with Crippen LogP contribution in [0.15, 0.2) is 73.1 Å². The van der Waals surface area contributed by atoms with Gasteiger partial charge in [-0.3, -0.25) is 19.5 Å². The zero-order valence-corrected chi connectivity index (χ0v) is 22.8. The summed E-state index contributed by atoms with van der Waals surface area (Å²) in [5, 5.41) is 3.07. The first-order valence-electron chi connectivity index (χ1n) is 13.8. The maximum atomic E-state index is 13.2. The van der Waals surface area contributed by atoms with E-state index in [1.165, 1.54) is 17.3 Å². The van der Waals surface area contributed by atoms with Gasteiger partial charge in [-0.15, -0.1) is 0 Å². The van der Waals surface area contributed by atoms with Crippen LogP contribution in [0, 0.1) is 6.92 Å². The molecule has 3 aromatic rings. The highest BCUT2D eigenvalue weighted by atomic mass is 16.5. The first kappa shape index (κ1) is 28.4. The number of amides is 2. The minimum atomic E-state index is -0.189. The Morgan fingerprint density at radius 1 is 0.949 bits per heavy atom. The van der Waals surface area contributed by atoms with Crippen molar-refractivity contribution in [2.24, 2.45) is 0 Å². The fourth-order valence-electron chi connectivity index (χ4n) is 4.87. The molecule has 0 saturated carbocycles. The highest BCUT2D eigenvalue weighted by molar-refractivity contribution is 5.92. The first-order chi connectivity index (χ1) is 19.1. The van der Waals surface area contributed by atoms with E-state index in [1.807, 2.05) is 43.3 Å². The summed E-state index contributed by atoms with van der Waals surface area (Å²) in [5.74, 6) is -0.0487. The number of benzene rings is 2. The van der Waals surface area contributed by atoms with Crippen LogP contribution in [-0.4, -0.2) is 84.1 Å². The van der Waals surface area contributed by atoms with Gasteiger partial charge in [0.1, 0.15) is 5.69 Å². The molecule has 0 atom stereocenters. The average Bonchev–Trinajstić information content (AvgIpc) is 2.98. The van der Waals surface area contributed by atoms with Gasteiger partial charge in [-0.05, 0) is 30.9 Å². The van der Waals surface area contributed by atoms with Crippen molar-refractivity contribution in [3.05, 3.63) is 95.6 Å². The van der Waals surface area contributed by atoms with Gasteiger partial charge in [-0.2, -0.15) is 0 Å². The van der Waals surface area contributed by atoms with Crippen molar-refractivity contribution in [2.45, 2.75) is 32.1 Å². The van der Waals surface area contributed by atoms with E-state index in [1.54, 1.807) is 11.1 Å². The minimum absolute atomic E-state index is 0.0594. The van der Waals surface area contributed by atoms with Gasteiger partial charge in [-0.1, -0.05) is 60.7 Å². The van der Waals surface area contributed by atoms with Gasteiger partial charge < -0.3 is 15.0 Å². The van der Waals surface area contributed by atoms with Gasteiger partial charge in [0, 0.05) is 57.8 Å². The normalized spacial score (nSPS) is 13.8. The molecular weight excluding hydrogens is 490 g/mol. The molecule has 206 valence electrons. The van der Waals surface area contributed by atoms with Gasteiger partial charge in [0.15, 0.2) is 0 Å². The van der Waals surface area contributed by atoms with Crippen molar-refractivity contribution >= 4 is 11.8 Å². The molecule has 2 amide bonds. The summed E-state index contributed by atoms with van der Waals surface area (Å²) in [5.41, 5.74) is 3.53. The molecular formula is C31H39N5O3. The van der Waals surface area contributed by atoms with E-state index in [9.17, 15) is 9.59 Å². The lowest BCUT2D eigenvalue weighted by Gasteiger charge is -2.28. The lowest BCUT2D eigenvalue weighted by molar-refractivity contribution is -0.121. The second-order valence-corrected chi connectivity index (χ2v) is 9.91. The standard InChI is InChI=1S/C31H39N5O3/c1-25-23-34-29(24-33-25)31(38)36(17-8-16-35-19-21-39-22-20-35)18-14-30(37)32-15-13-28(26-9-4-2-5-10-26)27-11-6-3-7-12-27/h2-7,9-12,23-24,28H,8,13-22H2,1H3,(H,32,37). The third kappa shape index (κ3) is 8.97. The Balaban J connectivity index is 1.30. The minimum Gasteiger partial charge on any atom is -0.379 e. The van der Waals surface area contributed by atoms with Crippen LogP contribution in [0.3, 0.4) is 0 Å². The molecule has 39 heavy (non-hydrogen) atoms. The number of carbonyl (C=O) groups excluding carboxylic acids is 2. The number of nitrogens with one attached hydrogen (secondary N) is 1. The molecule has 0 unspecified atom stereocenters. The Labute approximate surface area is 231 Å². The van der Waals surface area contributed by atoms with Crippen LogP contribution >= 0.6 is 0 Å². The van der Waals surface area contributed by atoms with E-state index >= 15 is 0 Å². The van der Waals surface area contributed by atoms with E-state index in [-0.39, 0.29) is 24.2 Å². The molecule has 1 N–H and O–H groups in total. The summed E-state index contributed by atoms with van der Waals surface area (Å²) >= 11 is 0. The van der Waals surface area contributed by atoms with Crippen LogP contribution in [0.1, 0.15) is 52.5 Å². The van der Waals surface area contributed by atoms with Crippen LogP contribution in [-0.2, 0) is 9.53 Å². The monoisotopic (exact) mass is 529 g/mol. The van der Waals surface area contributed by atoms with Crippen molar-refractivity contribution < 1.29 is 14.3 Å². The third-order valence-electron chi connectivity index (χ3n) is 7.06. The Kier molecular flexibility index (Phi) is 11.0. The number of aromatic nitrogens is 2. The molecule has 8 heteroatoms. The number of rotatable bonds is 13. The Morgan fingerprint density at radius 3 is 2.23 bits per heavy atom. The zero-order chi connectivity index (χ0) is 27.3. The Hall–Kier alpha value is -3.62. The number of hydrogen-bond acceptors (Lipinski definition) is 6. The SMILES string of the molecule is Cc1cnc(C(=O)N(CCCN2CCOCC2)CCC(=O)NCCC(c2ccccc2)c2ccccc2)cn1. The second kappa shape index (κ2) is 15.1. The van der Waals surface area contributed by atoms with Gasteiger partial charge >= 0.3 is 0 Å².